The molecule has 4 atom stereocenters. The fourth-order valence-corrected chi connectivity index (χ4v) is 3.77. The molecule has 4 nitrogen and oxygen atoms in total. The van der Waals surface area contributed by atoms with Gasteiger partial charge in [0.15, 0.2) is 0 Å². The summed E-state index contributed by atoms with van der Waals surface area (Å²) in [5.41, 5.74) is 2.90. The molecule has 2 unspecified atom stereocenters. The Kier molecular flexibility index (Phi) is 6.87. The first-order valence-corrected chi connectivity index (χ1v) is 9.72. The van der Waals surface area contributed by atoms with Crippen LogP contribution in [0.15, 0.2) is 48.5 Å². The number of aliphatic hydroxyl groups is 1. The zero-order valence-corrected chi connectivity index (χ0v) is 16.4. The molecule has 0 spiro atoms. The van der Waals surface area contributed by atoms with Gasteiger partial charge < -0.3 is 19.9 Å². The monoisotopic (exact) mass is 407 g/mol. The lowest BCUT2D eigenvalue weighted by Crippen LogP contribution is -2.51. The van der Waals surface area contributed by atoms with Crippen LogP contribution in [0.5, 0.6) is 5.75 Å². The molecule has 156 valence electrons. The number of halogens is 3. The molecular weight excluding hydrogens is 382 g/mol. The first-order chi connectivity index (χ1) is 13.8. The van der Waals surface area contributed by atoms with E-state index in [1.807, 2.05) is 39.0 Å². The molecule has 0 radical (unpaired) electrons. The third-order valence-electron chi connectivity index (χ3n) is 5.18. The fourth-order valence-electron chi connectivity index (χ4n) is 3.77. The van der Waals surface area contributed by atoms with E-state index in [1.165, 1.54) is 12.1 Å². The van der Waals surface area contributed by atoms with Gasteiger partial charge in [-0.2, -0.15) is 0 Å². The molecule has 3 rings (SSSR count). The van der Waals surface area contributed by atoms with Gasteiger partial charge in [0.1, 0.15) is 13.6 Å². The van der Waals surface area contributed by atoms with Crippen molar-refractivity contribution in [3.63, 3.8) is 0 Å². The smallest absolute Gasteiger partial charge is 0.406 e. The molecule has 2 N–H and O–H groups in total. The van der Waals surface area contributed by atoms with E-state index >= 15 is 0 Å². The van der Waals surface area contributed by atoms with E-state index in [9.17, 15) is 18.3 Å². The molecule has 29 heavy (non-hydrogen) atoms. The number of alkyl halides is 3. The van der Waals surface area contributed by atoms with Crippen LogP contribution in [0, 0.1) is 6.92 Å². The minimum Gasteiger partial charge on any atom is -0.406 e. The van der Waals surface area contributed by atoms with Gasteiger partial charge >= 0.3 is 6.36 Å². The Bertz CT molecular complexity index is 783. The van der Waals surface area contributed by atoms with E-state index in [2.05, 4.69) is 10.1 Å². The highest BCUT2D eigenvalue weighted by Crippen LogP contribution is 2.36. The van der Waals surface area contributed by atoms with Gasteiger partial charge in [0, 0.05) is 12.3 Å². The molecule has 1 aliphatic heterocycles. The van der Waals surface area contributed by atoms with E-state index in [-0.39, 0.29) is 23.8 Å². The van der Waals surface area contributed by atoms with Gasteiger partial charge in [-0.3, -0.25) is 0 Å². The van der Waals surface area contributed by atoms with Gasteiger partial charge in [-0.15, -0.1) is 13.2 Å². The summed E-state index contributed by atoms with van der Waals surface area (Å²) < 4.78 is 47.5. The Balaban J connectivity index is 1.87. The van der Waals surface area contributed by atoms with Crippen LogP contribution < -0.4 is 10.1 Å². The molecule has 0 amide bonds. The second-order valence-corrected chi connectivity index (χ2v) is 7.34. The third-order valence-corrected chi connectivity index (χ3v) is 5.18. The Morgan fingerprint density at radius 2 is 1.72 bits per heavy atom. The standard InChI is InChI=1S/C21H25BF3NO3/c1-13-2-4-14(5-3-13)20(19-10-18(27)17(11-28-19)26-12-22)15-6-8-16(9-7-15)29-21(23,24)25/h2-9,17-20,26-27H,10-12,22H2,1H3/t17-,18?,19+,20?/m1/s1. The molecule has 0 bridgehead atoms. The first kappa shape index (κ1) is 21.7. The SMILES string of the molecule is BCN[C@@H]1CO[C@H](C(c2ccc(C)cc2)c2ccc(OC(F)(F)F)cc2)CC1O. The number of ether oxygens (including phenoxy) is 2. The van der Waals surface area contributed by atoms with E-state index in [0.29, 0.717) is 13.0 Å². The number of benzene rings is 2. The van der Waals surface area contributed by atoms with Gasteiger partial charge in [-0.1, -0.05) is 42.0 Å². The number of aryl methyl sites for hydroxylation is 1. The number of nitrogens with one attached hydrogen (secondary N) is 1. The lowest BCUT2D eigenvalue weighted by Gasteiger charge is -2.38. The average Bonchev–Trinajstić information content (AvgIpc) is 2.66. The first-order valence-electron chi connectivity index (χ1n) is 9.72. The number of rotatable bonds is 6. The molecule has 0 aromatic heterocycles. The summed E-state index contributed by atoms with van der Waals surface area (Å²) in [5, 5.41) is 13.8. The van der Waals surface area contributed by atoms with E-state index in [4.69, 9.17) is 4.74 Å². The Labute approximate surface area is 169 Å². The van der Waals surface area contributed by atoms with Gasteiger partial charge in [0.05, 0.1) is 24.9 Å². The zero-order valence-electron chi connectivity index (χ0n) is 16.4. The van der Waals surface area contributed by atoms with Crippen molar-refractivity contribution in [1.82, 2.24) is 5.32 Å². The molecule has 0 saturated carbocycles. The van der Waals surface area contributed by atoms with Crippen LogP contribution in [0.4, 0.5) is 13.2 Å². The highest BCUT2D eigenvalue weighted by Gasteiger charge is 2.36. The lowest BCUT2D eigenvalue weighted by molar-refractivity contribution is -0.274. The third kappa shape index (κ3) is 5.75. The molecule has 1 fully saturated rings. The fraction of sp³-hybridized carbons (Fsp3) is 0.429. The van der Waals surface area contributed by atoms with Crippen molar-refractivity contribution in [3.8, 4) is 5.75 Å². The molecule has 8 heteroatoms. The maximum absolute atomic E-state index is 12.5. The maximum Gasteiger partial charge on any atom is 0.573 e. The van der Waals surface area contributed by atoms with Crippen molar-refractivity contribution < 1.29 is 27.8 Å². The van der Waals surface area contributed by atoms with Crippen LogP contribution in [-0.2, 0) is 4.74 Å². The summed E-state index contributed by atoms with van der Waals surface area (Å²) in [6.45, 7) is 2.36. The van der Waals surface area contributed by atoms with Crippen molar-refractivity contribution in [2.75, 3.05) is 13.1 Å². The second kappa shape index (κ2) is 9.20. The molecule has 2 aromatic carbocycles. The highest BCUT2D eigenvalue weighted by atomic mass is 19.4. The van der Waals surface area contributed by atoms with Crippen molar-refractivity contribution >= 4 is 7.85 Å². The van der Waals surface area contributed by atoms with Crippen LogP contribution in [0.2, 0.25) is 0 Å². The van der Waals surface area contributed by atoms with Gasteiger partial charge in [-0.25, -0.2) is 0 Å². The number of hydrogen-bond acceptors (Lipinski definition) is 4. The Morgan fingerprint density at radius 1 is 1.14 bits per heavy atom. The van der Waals surface area contributed by atoms with Crippen molar-refractivity contribution in [2.24, 2.45) is 0 Å². The van der Waals surface area contributed by atoms with Crippen LogP contribution in [0.25, 0.3) is 0 Å². The summed E-state index contributed by atoms with van der Waals surface area (Å²) in [6, 6.07) is 13.7. The van der Waals surface area contributed by atoms with Crippen LogP contribution in [0.1, 0.15) is 29.0 Å². The predicted octanol–water partition coefficient (Wildman–Crippen LogP) is 2.72. The second-order valence-electron chi connectivity index (χ2n) is 7.34. The lowest BCUT2D eigenvalue weighted by atomic mass is 9.82. The quantitative estimate of drug-likeness (QED) is 0.724. The summed E-state index contributed by atoms with van der Waals surface area (Å²) in [7, 11) is 1.97. The number of aliphatic hydroxyl groups excluding tert-OH is 1. The van der Waals surface area contributed by atoms with Crippen molar-refractivity contribution in [1.29, 1.82) is 0 Å². The topological polar surface area (TPSA) is 50.7 Å². The summed E-state index contributed by atoms with van der Waals surface area (Å²) in [5.74, 6) is -0.478. The van der Waals surface area contributed by atoms with E-state index in [1.54, 1.807) is 12.1 Å². The summed E-state index contributed by atoms with van der Waals surface area (Å²) >= 11 is 0. The highest BCUT2D eigenvalue weighted by molar-refractivity contribution is 6.08. The minimum absolute atomic E-state index is 0.127. The Morgan fingerprint density at radius 3 is 2.24 bits per heavy atom. The summed E-state index contributed by atoms with van der Waals surface area (Å²) in [6.07, 6.45) is -4.42. The van der Waals surface area contributed by atoms with E-state index in [0.717, 1.165) is 23.1 Å². The Hall–Kier alpha value is -2.03. The van der Waals surface area contributed by atoms with E-state index < -0.39 is 12.5 Å². The van der Waals surface area contributed by atoms with Crippen LogP contribution in [0.3, 0.4) is 0 Å². The van der Waals surface area contributed by atoms with Crippen molar-refractivity contribution in [2.45, 2.75) is 43.9 Å². The van der Waals surface area contributed by atoms with Crippen LogP contribution in [-0.4, -0.2) is 50.6 Å². The zero-order chi connectivity index (χ0) is 21.0. The maximum atomic E-state index is 12.5. The predicted molar refractivity (Wildman–Crippen MR) is 107 cm³/mol. The largest absolute Gasteiger partial charge is 0.573 e. The molecular formula is C21H25BF3NO3. The normalized spacial score (nSPS) is 23.6. The minimum atomic E-state index is -4.73. The average molecular weight is 407 g/mol. The molecule has 1 aliphatic rings. The molecule has 1 saturated heterocycles. The van der Waals surface area contributed by atoms with Gasteiger partial charge in [-0.05, 0) is 36.6 Å². The van der Waals surface area contributed by atoms with Gasteiger partial charge in [0.25, 0.3) is 0 Å². The molecule has 0 aliphatic carbocycles. The molecule has 2 aromatic rings. The van der Waals surface area contributed by atoms with Crippen molar-refractivity contribution in [3.05, 3.63) is 65.2 Å². The number of hydrogen-bond donors (Lipinski definition) is 2. The molecule has 1 heterocycles. The van der Waals surface area contributed by atoms with Crippen LogP contribution >= 0.6 is 0 Å². The summed E-state index contributed by atoms with van der Waals surface area (Å²) in [4.78, 5) is 0. The van der Waals surface area contributed by atoms with Gasteiger partial charge in [0.2, 0.25) is 0 Å².